The summed E-state index contributed by atoms with van der Waals surface area (Å²) in [5.41, 5.74) is 0.861. The van der Waals surface area contributed by atoms with Gasteiger partial charge in [0.25, 0.3) is 0 Å². The SMILES string of the molecule is COc1ccccc1C1(S(=O)O)CCC1. The van der Waals surface area contributed by atoms with Gasteiger partial charge in [-0.2, -0.15) is 0 Å². The smallest absolute Gasteiger partial charge is 0.163 e. The molecule has 0 heterocycles. The molecule has 0 saturated heterocycles. The summed E-state index contributed by atoms with van der Waals surface area (Å²) < 4.78 is 25.5. The Labute approximate surface area is 91.7 Å². The molecule has 0 radical (unpaired) electrons. The topological polar surface area (TPSA) is 46.5 Å². The molecule has 2 rings (SSSR count). The summed E-state index contributed by atoms with van der Waals surface area (Å²) in [5.74, 6) is 0.708. The van der Waals surface area contributed by atoms with Crippen LogP contribution in [0.3, 0.4) is 0 Å². The first-order valence-electron chi connectivity index (χ1n) is 4.95. The Morgan fingerprint density at radius 3 is 2.53 bits per heavy atom. The minimum absolute atomic E-state index is 0.591. The Hall–Kier alpha value is -0.870. The molecule has 1 unspecified atom stereocenters. The van der Waals surface area contributed by atoms with Gasteiger partial charge in [-0.3, -0.25) is 0 Å². The van der Waals surface area contributed by atoms with Crippen LogP contribution in [-0.4, -0.2) is 15.9 Å². The number of para-hydroxylation sites is 1. The van der Waals surface area contributed by atoms with Crippen molar-refractivity contribution in [2.45, 2.75) is 24.0 Å². The van der Waals surface area contributed by atoms with Crippen LogP contribution in [-0.2, 0) is 15.8 Å². The second-order valence-electron chi connectivity index (χ2n) is 3.80. The molecule has 15 heavy (non-hydrogen) atoms. The van der Waals surface area contributed by atoms with Crippen molar-refractivity contribution in [3.05, 3.63) is 29.8 Å². The van der Waals surface area contributed by atoms with Gasteiger partial charge < -0.3 is 9.29 Å². The lowest BCUT2D eigenvalue weighted by molar-refractivity contribution is 0.320. The van der Waals surface area contributed by atoms with E-state index in [1.165, 1.54) is 0 Å². The third kappa shape index (κ3) is 1.58. The predicted octanol–water partition coefficient (Wildman–Crippen LogP) is 2.30. The molecule has 1 atom stereocenters. The molecule has 1 saturated carbocycles. The molecule has 1 aliphatic carbocycles. The number of benzene rings is 1. The van der Waals surface area contributed by atoms with E-state index in [-0.39, 0.29) is 0 Å². The maximum atomic E-state index is 11.4. The summed E-state index contributed by atoms with van der Waals surface area (Å²) in [4.78, 5) is 0. The van der Waals surface area contributed by atoms with Gasteiger partial charge in [0, 0.05) is 5.56 Å². The van der Waals surface area contributed by atoms with E-state index in [0.717, 1.165) is 24.8 Å². The highest BCUT2D eigenvalue weighted by Gasteiger charge is 2.46. The molecule has 1 fully saturated rings. The zero-order valence-corrected chi connectivity index (χ0v) is 9.42. The lowest BCUT2D eigenvalue weighted by Crippen LogP contribution is -2.38. The van der Waals surface area contributed by atoms with Crippen molar-refractivity contribution < 1.29 is 13.5 Å². The summed E-state index contributed by atoms with van der Waals surface area (Å²) in [6.07, 6.45) is 2.53. The number of hydrogen-bond donors (Lipinski definition) is 1. The largest absolute Gasteiger partial charge is 0.496 e. The molecule has 1 aliphatic rings. The van der Waals surface area contributed by atoms with Crippen LogP contribution in [0.25, 0.3) is 0 Å². The predicted molar refractivity (Wildman–Crippen MR) is 59.3 cm³/mol. The number of ether oxygens (including phenoxy) is 1. The van der Waals surface area contributed by atoms with Crippen LogP contribution in [0.1, 0.15) is 24.8 Å². The molecule has 1 N–H and O–H groups in total. The van der Waals surface area contributed by atoms with Crippen LogP contribution < -0.4 is 4.74 Å². The fourth-order valence-corrected chi connectivity index (χ4v) is 3.05. The fourth-order valence-electron chi connectivity index (χ4n) is 2.06. The summed E-state index contributed by atoms with van der Waals surface area (Å²) in [5, 5.41) is 0. The van der Waals surface area contributed by atoms with Gasteiger partial charge in [-0.25, -0.2) is 4.21 Å². The summed E-state index contributed by atoms with van der Waals surface area (Å²) in [7, 11) is 1.59. The molecule has 3 nitrogen and oxygen atoms in total. The van der Waals surface area contributed by atoms with Crippen molar-refractivity contribution in [2.24, 2.45) is 0 Å². The van der Waals surface area contributed by atoms with E-state index >= 15 is 0 Å². The maximum absolute atomic E-state index is 11.4. The number of rotatable bonds is 3. The summed E-state index contributed by atoms with van der Waals surface area (Å²) >= 11 is -1.83. The Morgan fingerprint density at radius 1 is 1.40 bits per heavy atom. The molecule has 0 aliphatic heterocycles. The van der Waals surface area contributed by atoms with Gasteiger partial charge in [0.15, 0.2) is 11.1 Å². The second kappa shape index (κ2) is 3.94. The Kier molecular flexibility index (Phi) is 2.80. The lowest BCUT2D eigenvalue weighted by Gasteiger charge is -2.39. The number of methoxy groups -OCH3 is 1. The van der Waals surface area contributed by atoms with Crippen molar-refractivity contribution in [2.75, 3.05) is 7.11 Å². The molecule has 1 aromatic carbocycles. The van der Waals surface area contributed by atoms with E-state index in [4.69, 9.17) is 4.74 Å². The standard InChI is InChI=1S/C11H14O3S/c1-14-10-6-3-2-5-9(10)11(15(12)13)7-4-8-11/h2-3,5-6H,4,7-8H2,1H3,(H,12,13). The van der Waals surface area contributed by atoms with Gasteiger partial charge >= 0.3 is 0 Å². The van der Waals surface area contributed by atoms with Gasteiger partial charge in [-0.15, -0.1) is 0 Å². The summed E-state index contributed by atoms with van der Waals surface area (Å²) in [6, 6.07) is 7.47. The average Bonchev–Trinajstić information content (AvgIpc) is 2.16. The zero-order chi connectivity index (χ0) is 10.9. The molecule has 0 amide bonds. The van der Waals surface area contributed by atoms with Crippen LogP contribution in [0.4, 0.5) is 0 Å². The second-order valence-corrected chi connectivity index (χ2v) is 5.08. The molecular formula is C11H14O3S. The maximum Gasteiger partial charge on any atom is 0.163 e. The van der Waals surface area contributed by atoms with E-state index < -0.39 is 15.8 Å². The normalized spacial score (nSPS) is 20.4. The van der Waals surface area contributed by atoms with Crippen LogP contribution in [0.2, 0.25) is 0 Å². The minimum atomic E-state index is -1.83. The van der Waals surface area contributed by atoms with E-state index in [9.17, 15) is 8.76 Å². The Morgan fingerprint density at radius 2 is 2.07 bits per heavy atom. The van der Waals surface area contributed by atoms with E-state index in [1.807, 2.05) is 24.3 Å². The molecular weight excluding hydrogens is 212 g/mol. The Bertz CT molecular complexity index is 385. The van der Waals surface area contributed by atoms with E-state index in [0.29, 0.717) is 5.75 Å². The molecule has 4 heteroatoms. The van der Waals surface area contributed by atoms with E-state index in [1.54, 1.807) is 7.11 Å². The van der Waals surface area contributed by atoms with Crippen LogP contribution in [0, 0.1) is 0 Å². The number of hydrogen-bond acceptors (Lipinski definition) is 2. The third-order valence-electron chi connectivity index (χ3n) is 3.09. The van der Waals surface area contributed by atoms with Gasteiger partial charge in [0.05, 0.1) is 11.9 Å². The van der Waals surface area contributed by atoms with Gasteiger partial charge in [-0.1, -0.05) is 18.2 Å². The summed E-state index contributed by atoms with van der Waals surface area (Å²) in [6.45, 7) is 0. The molecule has 0 spiro atoms. The van der Waals surface area contributed by atoms with Crippen molar-refractivity contribution in [1.82, 2.24) is 0 Å². The first-order chi connectivity index (χ1) is 7.20. The Balaban J connectivity index is 2.47. The van der Waals surface area contributed by atoms with Crippen LogP contribution in [0.15, 0.2) is 24.3 Å². The first-order valence-corrected chi connectivity index (χ1v) is 6.06. The van der Waals surface area contributed by atoms with Crippen molar-refractivity contribution >= 4 is 11.1 Å². The average molecular weight is 226 g/mol. The molecule has 1 aromatic rings. The monoisotopic (exact) mass is 226 g/mol. The molecule has 82 valence electrons. The van der Waals surface area contributed by atoms with Crippen LogP contribution in [0.5, 0.6) is 5.75 Å². The lowest BCUT2D eigenvalue weighted by atomic mass is 9.78. The van der Waals surface area contributed by atoms with Crippen LogP contribution >= 0.6 is 0 Å². The highest BCUT2D eigenvalue weighted by Crippen LogP contribution is 2.48. The van der Waals surface area contributed by atoms with Gasteiger partial charge in [-0.05, 0) is 25.3 Å². The van der Waals surface area contributed by atoms with Crippen molar-refractivity contribution in [3.8, 4) is 5.75 Å². The molecule has 0 bridgehead atoms. The van der Waals surface area contributed by atoms with Crippen molar-refractivity contribution in [3.63, 3.8) is 0 Å². The third-order valence-corrected chi connectivity index (χ3v) is 4.39. The van der Waals surface area contributed by atoms with Gasteiger partial charge in [0.1, 0.15) is 5.75 Å². The highest BCUT2D eigenvalue weighted by atomic mass is 32.2. The minimum Gasteiger partial charge on any atom is -0.496 e. The van der Waals surface area contributed by atoms with E-state index in [2.05, 4.69) is 0 Å². The first kappa shape index (κ1) is 10.6. The fraction of sp³-hybridized carbons (Fsp3) is 0.455. The zero-order valence-electron chi connectivity index (χ0n) is 8.60. The molecule has 0 aromatic heterocycles. The van der Waals surface area contributed by atoms with Gasteiger partial charge in [0.2, 0.25) is 0 Å². The quantitative estimate of drug-likeness (QED) is 0.804. The van der Waals surface area contributed by atoms with Crippen molar-refractivity contribution in [1.29, 1.82) is 0 Å². The highest BCUT2D eigenvalue weighted by molar-refractivity contribution is 7.80.